The molecule has 3 aromatic carbocycles. The van der Waals surface area contributed by atoms with E-state index in [2.05, 4.69) is 14.2 Å². The minimum Gasteiger partial charge on any atom is -0.748 e. The van der Waals surface area contributed by atoms with E-state index in [9.17, 15) is 147 Å². The molecule has 0 atom stereocenters. The van der Waals surface area contributed by atoms with Crippen LogP contribution in [0, 0.1) is 11.8 Å². The second-order valence-corrected chi connectivity index (χ2v) is 25.7. The van der Waals surface area contributed by atoms with Gasteiger partial charge in [-0.05, 0) is 60.8 Å². The molecule has 0 heterocycles. The fourth-order valence-electron chi connectivity index (χ4n) is 8.59. The zero-order chi connectivity index (χ0) is 77.0. The third kappa shape index (κ3) is 27.8. The Balaban J connectivity index is 0.000000511. The van der Waals surface area contributed by atoms with Crippen LogP contribution in [-0.2, 0) is 126 Å². The van der Waals surface area contributed by atoms with E-state index >= 15 is 0 Å². The Kier molecular flexibility index (Phi) is 32.4. The maximum atomic E-state index is 13.3. The Hall–Kier alpha value is -6.86. The number of hydrogen-bond acceptors (Lipinski definition) is 21. The lowest BCUT2D eigenvalue weighted by Gasteiger charge is -2.38. The van der Waals surface area contributed by atoms with Gasteiger partial charge in [-0.2, -0.15) is 79.0 Å². The molecule has 0 saturated heterocycles. The Labute approximate surface area is 561 Å². The van der Waals surface area contributed by atoms with Crippen molar-refractivity contribution in [1.82, 2.24) is 0 Å². The molecular weight excluding hydrogens is 1470 g/mol. The molecule has 0 unspecified atom stereocenters. The van der Waals surface area contributed by atoms with Gasteiger partial charge in [0.05, 0.1) is 89.6 Å². The van der Waals surface area contributed by atoms with Crippen molar-refractivity contribution in [2.75, 3.05) is 23.9 Å². The van der Waals surface area contributed by atoms with Crippen molar-refractivity contribution in [2.24, 2.45) is 11.8 Å². The molecule has 0 aromatic heterocycles. The van der Waals surface area contributed by atoms with E-state index in [-0.39, 0.29) is 51.8 Å². The summed E-state index contributed by atoms with van der Waals surface area (Å²) in [7, 11) is -1.89. The smallest absolute Gasteiger partial charge is 0.438 e. The van der Waals surface area contributed by atoms with Gasteiger partial charge in [-0.1, -0.05) is 103 Å². The molecule has 0 aliphatic heterocycles. The van der Waals surface area contributed by atoms with Gasteiger partial charge in [0.1, 0.15) is 13.2 Å². The summed E-state index contributed by atoms with van der Waals surface area (Å²) in [5.74, 6) is -20.0. The molecule has 556 valence electrons. The van der Waals surface area contributed by atoms with Crippen molar-refractivity contribution in [2.45, 2.75) is 157 Å². The molecule has 4 rings (SSSR count). The number of esters is 6. The molecule has 1 saturated carbocycles. The topological polar surface area (TPSA) is 329 Å². The van der Waals surface area contributed by atoms with E-state index in [1.54, 1.807) is 72.8 Å². The first-order valence-electron chi connectivity index (χ1n) is 28.2. The van der Waals surface area contributed by atoms with Crippen LogP contribution in [0.2, 0.25) is 0 Å². The van der Waals surface area contributed by atoms with E-state index in [0.717, 1.165) is 16.7 Å². The van der Waals surface area contributed by atoms with Gasteiger partial charge in [0.25, 0.3) is 0 Å². The molecule has 1 aliphatic rings. The quantitative estimate of drug-likeness (QED) is 0.0207. The highest BCUT2D eigenvalue weighted by Gasteiger charge is 2.77. The van der Waals surface area contributed by atoms with E-state index in [1.807, 2.05) is 0 Å². The molecule has 100 heavy (non-hydrogen) atoms. The Morgan fingerprint density at radius 3 is 1.03 bits per heavy atom. The number of halogens is 18. The molecule has 1 fully saturated rings. The van der Waals surface area contributed by atoms with Crippen molar-refractivity contribution < 1.29 is 175 Å². The summed E-state index contributed by atoms with van der Waals surface area (Å²) in [4.78, 5) is 71.0. The normalized spacial score (nSPS) is 15.3. The van der Waals surface area contributed by atoms with Gasteiger partial charge in [-0.25, -0.2) is 25.3 Å². The molecule has 0 amide bonds. The van der Waals surface area contributed by atoms with Crippen LogP contribution >= 0.6 is 0 Å². The standard InChI is InChI=1S/C20H21BF6O7S.C18H19BF6O7S.C17H17BF6O7S/c21-9-12-1-3-13(4-2-12)10-33-16(28)14-5-7-15(8-6-14)17(29)34-18(19(22,23)24,20(25,26)27)11-35(30,31)32;19-10-13-6-4-12(5-7-13)8-9-31-14(26)2-1-3-15(27)32-16(17(20,21)22,18(23,24)25)11-33(28,29)30;18-8-11-4-1-2-5-12(11)9-30-13(25)6-3-7-14(26)31-15(16(19,20)21,17(22,23)24)10-32(27,28)29/h1-4,14-15H,5-11H2,(H,30,31,32);4-7H,1-3,8-11H2,(H,28,29,30);1-2,4-5H,3,6-10H2,(H,27,28,29)/p-3. The number of ether oxygens (including phenoxy) is 6. The first-order chi connectivity index (χ1) is 45.5. The second-order valence-electron chi connectivity index (χ2n) is 21.5. The minimum atomic E-state index is -6.45. The lowest BCUT2D eigenvalue weighted by Crippen LogP contribution is -2.64. The molecule has 0 spiro atoms. The number of alkyl halides is 18. The number of carbonyl (C=O) groups excluding carboxylic acids is 6. The molecule has 6 radical (unpaired) electrons. The molecular formula is C55H54B3F18O21S3-3. The van der Waals surface area contributed by atoms with Crippen LogP contribution < -0.4 is 0 Å². The fourth-order valence-corrected chi connectivity index (χ4v) is 11.2. The third-order valence-corrected chi connectivity index (χ3v) is 16.2. The number of hydrogen-bond donors (Lipinski definition) is 0. The molecule has 45 heteroatoms. The fraction of sp³-hybridized carbons (Fsp3) is 0.564. The summed E-state index contributed by atoms with van der Waals surface area (Å²) in [6.45, 7) is -0.351. The van der Waals surface area contributed by atoms with Crippen LogP contribution in [0.15, 0.2) is 72.8 Å². The maximum absolute atomic E-state index is 13.3. The van der Waals surface area contributed by atoms with Crippen LogP contribution in [0.5, 0.6) is 0 Å². The zero-order valence-electron chi connectivity index (χ0n) is 51.1. The maximum Gasteiger partial charge on any atom is 0.438 e. The number of carbonyl (C=O) groups is 6. The summed E-state index contributed by atoms with van der Waals surface area (Å²) in [5, 5.41) is 0. The zero-order valence-corrected chi connectivity index (χ0v) is 53.5. The van der Waals surface area contributed by atoms with Crippen LogP contribution in [-0.4, -0.2) is 176 Å². The third-order valence-electron chi connectivity index (χ3n) is 13.9. The first kappa shape index (κ1) is 89.2. The summed E-state index contributed by atoms with van der Waals surface area (Å²) in [6, 6.07) is 20.5. The summed E-state index contributed by atoms with van der Waals surface area (Å²) >= 11 is 0. The minimum absolute atomic E-state index is 0.0716. The molecule has 0 bridgehead atoms. The first-order valence-corrected chi connectivity index (χ1v) is 32.9. The van der Waals surface area contributed by atoms with Gasteiger partial charge in [-0.3, -0.25) is 28.8 Å². The van der Waals surface area contributed by atoms with Crippen molar-refractivity contribution in [3.05, 3.63) is 106 Å². The summed E-state index contributed by atoms with van der Waals surface area (Å²) in [6.07, 6.45) is -42.7. The van der Waals surface area contributed by atoms with Crippen molar-refractivity contribution in [3.63, 3.8) is 0 Å². The van der Waals surface area contributed by atoms with Gasteiger partial charge in [0, 0.05) is 32.1 Å². The van der Waals surface area contributed by atoms with Gasteiger partial charge < -0.3 is 42.1 Å². The van der Waals surface area contributed by atoms with Crippen molar-refractivity contribution >= 4 is 89.7 Å². The Morgan fingerprint density at radius 2 is 0.690 bits per heavy atom. The number of benzene rings is 3. The van der Waals surface area contributed by atoms with Gasteiger partial charge in [0.2, 0.25) is 0 Å². The highest BCUT2D eigenvalue weighted by Crippen LogP contribution is 2.50. The van der Waals surface area contributed by atoms with Crippen LogP contribution in [0.25, 0.3) is 0 Å². The van der Waals surface area contributed by atoms with E-state index in [1.165, 1.54) is 0 Å². The highest BCUT2D eigenvalue weighted by atomic mass is 32.2. The SMILES string of the molecule is [B]Cc1ccc(CCOC(=O)CCCC(=O)OC(CS(=O)(=O)[O-])(C(F)(F)F)C(F)(F)F)cc1.[B]Cc1ccc(COC(=O)C2CCC(C(=O)OC(CS(=O)(=O)[O-])(C(F)(F)F)C(F)(F)F)CC2)cc1.[B]Cc1ccccc1COC(=O)CCCC(=O)OC(CS(=O)(=O)[O-])(C(F)(F)F)C(F)(F)F. The number of rotatable bonds is 29. The van der Waals surface area contributed by atoms with E-state index < -0.39 is 188 Å². The predicted octanol–water partition coefficient (Wildman–Crippen LogP) is 8.24. The van der Waals surface area contributed by atoms with Gasteiger partial charge in [0.15, 0.2) is 0 Å². The van der Waals surface area contributed by atoms with Crippen molar-refractivity contribution in [3.8, 4) is 0 Å². The van der Waals surface area contributed by atoms with Crippen LogP contribution in [0.4, 0.5) is 79.0 Å². The monoisotopic (exact) mass is 1520 g/mol. The average Bonchev–Trinajstić information content (AvgIpc) is 0.762. The van der Waals surface area contributed by atoms with Crippen molar-refractivity contribution in [1.29, 1.82) is 0 Å². The molecule has 1 aliphatic carbocycles. The summed E-state index contributed by atoms with van der Waals surface area (Å²) < 4.78 is 358. The Morgan fingerprint density at radius 1 is 0.380 bits per heavy atom. The molecule has 3 aromatic rings. The largest absolute Gasteiger partial charge is 0.748 e. The van der Waals surface area contributed by atoms with Crippen LogP contribution in [0.1, 0.15) is 97.6 Å². The average molecular weight is 1520 g/mol. The van der Waals surface area contributed by atoms with E-state index in [0.29, 0.717) is 35.8 Å². The van der Waals surface area contributed by atoms with Crippen LogP contribution in [0.3, 0.4) is 0 Å². The molecule has 21 nitrogen and oxygen atoms in total. The lowest BCUT2D eigenvalue weighted by molar-refractivity contribution is -0.362. The van der Waals surface area contributed by atoms with Gasteiger partial charge >= 0.3 is 89.7 Å². The Bertz CT molecular complexity index is 3520. The van der Waals surface area contributed by atoms with Gasteiger partial charge in [-0.15, -0.1) is 0 Å². The predicted molar refractivity (Wildman–Crippen MR) is 302 cm³/mol. The second kappa shape index (κ2) is 36.3. The highest BCUT2D eigenvalue weighted by molar-refractivity contribution is 7.86. The molecule has 0 N–H and O–H groups in total. The van der Waals surface area contributed by atoms with E-state index in [4.69, 9.17) is 37.7 Å². The summed E-state index contributed by atoms with van der Waals surface area (Å²) in [5.41, 5.74) is -12.1. The lowest BCUT2D eigenvalue weighted by atomic mass is 9.82.